The summed E-state index contributed by atoms with van der Waals surface area (Å²) in [5.41, 5.74) is 15.0. The Balaban J connectivity index is 1.08. The van der Waals surface area contributed by atoms with E-state index in [1.54, 1.807) is 0 Å². The van der Waals surface area contributed by atoms with Crippen molar-refractivity contribution in [1.29, 1.82) is 0 Å². The summed E-state index contributed by atoms with van der Waals surface area (Å²) < 4.78 is 0. The molecule has 0 saturated carbocycles. The Bertz CT molecular complexity index is 3210. The third-order valence-electron chi connectivity index (χ3n) is 12.1. The summed E-state index contributed by atoms with van der Waals surface area (Å²) in [7, 11) is 0. The number of rotatable bonds is 5. The SMILES string of the molecule is CC1(C)c2cc(-c3ccc(-c4nc(-c5cccc(-c6ccccc6)c5)cc(-c5cccc6ccccc56)n4)c4ccccc34)ccc2-c2cc3ccccc3cc21. The van der Waals surface area contributed by atoms with Crippen LogP contribution in [0.25, 0.3) is 99.6 Å². The molecule has 2 nitrogen and oxygen atoms in total. The first-order valence-electron chi connectivity index (χ1n) is 19.7. The number of hydrogen-bond donors (Lipinski definition) is 0. The predicted molar refractivity (Wildman–Crippen MR) is 239 cm³/mol. The minimum atomic E-state index is -0.120. The van der Waals surface area contributed by atoms with Crippen LogP contribution in [0.15, 0.2) is 194 Å². The zero-order valence-electron chi connectivity index (χ0n) is 31.9. The minimum Gasteiger partial charge on any atom is -0.228 e. The average Bonchev–Trinajstić information content (AvgIpc) is 3.49. The molecule has 2 heteroatoms. The van der Waals surface area contributed by atoms with E-state index in [-0.39, 0.29) is 5.41 Å². The van der Waals surface area contributed by atoms with Crippen LogP contribution in [-0.4, -0.2) is 9.97 Å². The van der Waals surface area contributed by atoms with E-state index in [0.29, 0.717) is 5.82 Å². The largest absolute Gasteiger partial charge is 0.228 e. The molecule has 0 atom stereocenters. The van der Waals surface area contributed by atoms with E-state index in [1.807, 2.05) is 0 Å². The lowest BCUT2D eigenvalue weighted by Gasteiger charge is -2.22. The number of fused-ring (bicyclic) bond motifs is 6. The van der Waals surface area contributed by atoms with Gasteiger partial charge < -0.3 is 0 Å². The van der Waals surface area contributed by atoms with Crippen LogP contribution in [0.2, 0.25) is 0 Å². The molecule has 268 valence electrons. The van der Waals surface area contributed by atoms with Crippen LogP contribution in [0.3, 0.4) is 0 Å². The van der Waals surface area contributed by atoms with Gasteiger partial charge in [0.05, 0.1) is 11.4 Å². The lowest BCUT2D eigenvalue weighted by Crippen LogP contribution is -2.15. The van der Waals surface area contributed by atoms with Gasteiger partial charge in [-0.25, -0.2) is 9.97 Å². The quantitative estimate of drug-likeness (QED) is 0.176. The molecule has 0 fully saturated rings. The van der Waals surface area contributed by atoms with E-state index in [4.69, 9.17) is 9.97 Å². The molecule has 0 radical (unpaired) electrons. The van der Waals surface area contributed by atoms with Crippen molar-refractivity contribution in [3.63, 3.8) is 0 Å². The summed E-state index contributed by atoms with van der Waals surface area (Å²) in [6.45, 7) is 4.73. The van der Waals surface area contributed by atoms with Gasteiger partial charge in [0.1, 0.15) is 0 Å². The molecular formula is C55H38N2. The summed E-state index contributed by atoms with van der Waals surface area (Å²) in [4.78, 5) is 10.8. The lowest BCUT2D eigenvalue weighted by molar-refractivity contribution is 0.661. The maximum absolute atomic E-state index is 5.38. The van der Waals surface area contributed by atoms with E-state index in [0.717, 1.165) is 39.0 Å². The fourth-order valence-corrected chi connectivity index (χ4v) is 9.13. The number of aromatic nitrogens is 2. The maximum Gasteiger partial charge on any atom is 0.161 e. The molecular weight excluding hydrogens is 689 g/mol. The van der Waals surface area contributed by atoms with Gasteiger partial charge in [-0.1, -0.05) is 172 Å². The van der Waals surface area contributed by atoms with Crippen molar-refractivity contribution in [3.8, 4) is 67.3 Å². The van der Waals surface area contributed by atoms with E-state index in [2.05, 4.69) is 208 Å². The highest BCUT2D eigenvalue weighted by Gasteiger charge is 2.36. The molecule has 9 aromatic carbocycles. The van der Waals surface area contributed by atoms with Crippen LogP contribution in [0, 0.1) is 0 Å². The fraction of sp³-hybridized carbons (Fsp3) is 0.0545. The third-order valence-corrected chi connectivity index (χ3v) is 12.1. The number of hydrogen-bond acceptors (Lipinski definition) is 2. The molecule has 0 amide bonds. The van der Waals surface area contributed by atoms with Gasteiger partial charge in [-0.2, -0.15) is 0 Å². The Morgan fingerprint density at radius 2 is 0.895 bits per heavy atom. The highest BCUT2D eigenvalue weighted by Crippen LogP contribution is 2.51. The molecule has 57 heavy (non-hydrogen) atoms. The smallest absolute Gasteiger partial charge is 0.161 e. The standard InChI is InChI=1S/C55H38N2/c1-55(2)50-33-40(26-27-46(50)49-31-38-17-6-7-18-39(38)32-51(49)55)43-28-29-48(45-24-11-10-23-44(43)45)54-56-52(41-21-12-20-37(30-41)35-14-4-3-5-15-35)34-53(57-54)47-25-13-19-36-16-8-9-22-42(36)47/h3-34H,1-2H3. The number of nitrogens with zero attached hydrogens (tertiary/aromatic N) is 2. The van der Waals surface area contributed by atoms with E-state index >= 15 is 0 Å². The van der Waals surface area contributed by atoms with Crippen LogP contribution in [0.4, 0.5) is 0 Å². The van der Waals surface area contributed by atoms with Crippen molar-refractivity contribution in [2.45, 2.75) is 19.3 Å². The van der Waals surface area contributed by atoms with Crippen molar-refractivity contribution < 1.29 is 0 Å². The topological polar surface area (TPSA) is 25.8 Å². The Hall–Kier alpha value is -7.16. The second kappa shape index (κ2) is 13.0. The molecule has 0 unspecified atom stereocenters. The summed E-state index contributed by atoms with van der Waals surface area (Å²) in [6.07, 6.45) is 0. The van der Waals surface area contributed by atoms with Crippen LogP contribution >= 0.6 is 0 Å². The summed E-state index contributed by atoms with van der Waals surface area (Å²) >= 11 is 0. The third kappa shape index (κ3) is 5.48. The molecule has 0 N–H and O–H groups in total. The van der Waals surface area contributed by atoms with Crippen molar-refractivity contribution in [2.24, 2.45) is 0 Å². The molecule has 0 aliphatic heterocycles. The molecule has 1 aromatic heterocycles. The maximum atomic E-state index is 5.38. The van der Waals surface area contributed by atoms with E-state index in [9.17, 15) is 0 Å². The van der Waals surface area contributed by atoms with Crippen molar-refractivity contribution in [1.82, 2.24) is 9.97 Å². The van der Waals surface area contributed by atoms with Crippen LogP contribution in [-0.2, 0) is 5.41 Å². The van der Waals surface area contributed by atoms with Crippen LogP contribution < -0.4 is 0 Å². The fourth-order valence-electron chi connectivity index (χ4n) is 9.13. The van der Waals surface area contributed by atoms with Gasteiger partial charge in [0.25, 0.3) is 0 Å². The van der Waals surface area contributed by atoms with Crippen molar-refractivity contribution in [3.05, 3.63) is 205 Å². The van der Waals surface area contributed by atoms with Crippen molar-refractivity contribution >= 4 is 32.3 Å². The molecule has 1 heterocycles. The van der Waals surface area contributed by atoms with Crippen molar-refractivity contribution in [2.75, 3.05) is 0 Å². The highest BCUT2D eigenvalue weighted by molar-refractivity contribution is 6.05. The average molecular weight is 727 g/mol. The normalized spacial score (nSPS) is 12.9. The first kappa shape index (κ1) is 33.2. The Morgan fingerprint density at radius 3 is 1.72 bits per heavy atom. The molecule has 0 spiro atoms. The van der Waals surface area contributed by atoms with Crippen LogP contribution in [0.5, 0.6) is 0 Å². The number of benzene rings is 9. The summed E-state index contributed by atoms with van der Waals surface area (Å²) in [5.74, 6) is 0.709. The molecule has 1 aliphatic carbocycles. The first-order chi connectivity index (χ1) is 28.0. The van der Waals surface area contributed by atoms with Gasteiger partial charge in [0.2, 0.25) is 0 Å². The van der Waals surface area contributed by atoms with Gasteiger partial charge in [-0.3, -0.25) is 0 Å². The Labute approximate surface area is 332 Å². The monoisotopic (exact) mass is 726 g/mol. The van der Waals surface area contributed by atoms with E-state index in [1.165, 1.54) is 65.9 Å². The van der Waals surface area contributed by atoms with Gasteiger partial charge in [0, 0.05) is 22.1 Å². The predicted octanol–water partition coefficient (Wildman–Crippen LogP) is 14.6. The Kier molecular flexibility index (Phi) is 7.55. The second-order valence-corrected chi connectivity index (χ2v) is 15.8. The van der Waals surface area contributed by atoms with E-state index < -0.39 is 0 Å². The highest BCUT2D eigenvalue weighted by atomic mass is 14.9. The minimum absolute atomic E-state index is 0.120. The first-order valence-corrected chi connectivity index (χ1v) is 19.7. The molecule has 1 aliphatic rings. The van der Waals surface area contributed by atoms with Gasteiger partial charge >= 0.3 is 0 Å². The van der Waals surface area contributed by atoms with Gasteiger partial charge in [0.15, 0.2) is 5.82 Å². The van der Waals surface area contributed by atoms with Gasteiger partial charge in [-0.05, 0) is 113 Å². The van der Waals surface area contributed by atoms with Crippen LogP contribution in [0.1, 0.15) is 25.0 Å². The zero-order valence-corrected chi connectivity index (χ0v) is 31.9. The lowest BCUT2D eigenvalue weighted by atomic mass is 9.81. The van der Waals surface area contributed by atoms with Gasteiger partial charge in [-0.15, -0.1) is 0 Å². The zero-order chi connectivity index (χ0) is 38.1. The molecule has 10 aromatic rings. The molecule has 0 bridgehead atoms. The molecule has 0 saturated heterocycles. The second-order valence-electron chi connectivity index (χ2n) is 15.8. The molecule has 11 rings (SSSR count). The summed E-state index contributed by atoms with van der Waals surface area (Å²) in [5, 5.41) is 7.24. The Morgan fingerprint density at radius 1 is 0.316 bits per heavy atom. The summed E-state index contributed by atoms with van der Waals surface area (Å²) in [6, 6.07) is 70.1.